The molecule has 4 heteroatoms. The number of halogens is 1. The largest absolute Gasteiger partial charge is 0.481 e. The lowest BCUT2D eigenvalue weighted by Gasteiger charge is -1.95. The average molecular weight is 271 g/mol. The van der Waals surface area contributed by atoms with Crippen molar-refractivity contribution >= 4 is 43.3 Å². The van der Waals surface area contributed by atoms with Crippen LogP contribution in [0.15, 0.2) is 28.1 Å². The van der Waals surface area contributed by atoms with Crippen molar-refractivity contribution in [2.24, 2.45) is 0 Å². The second-order valence-corrected chi connectivity index (χ2v) is 4.80. The highest BCUT2D eigenvalue weighted by atomic mass is 79.9. The zero-order valence-corrected chi connectivity index (χ0v) is 9.56. The summed E-state index contributed by atoms with van der Waals surface area (Å²) in [5.74, 6) is -0.787. The van der Waals surface area contributed by atoms with E-state index in [1.165, 1.54) is 0 Å². The van der Waals surface area contributed by atoms with E-state index in [0.29, 0.717) is 0 Å². The molecule has 0 radical (unpaired) electrons. The molecule has 1 heterocycles. The van der Waals surface area contributed by atoms with Crippen molar-refractivity contribution in [3.63, 3.8) is 0 Å². The van der Waals surface area contributed by atoms with Gasteiger partial charge < -0.3 is 5.11 Å². The Balaban J connectivity index is 2.55. The first-order valence-corrected chi connectivity index (χ1v) is 5.71. The van der Waals surface area contributed by atoms with E-state index in [1.54, 1.807) is 11.3 Å². The summed E-state index contributed by atoms with van der Waals surface area (Å²) < 4.78 is 2.11. The molecule has 0 aliphatic carbocycles. The lowest BCUT2D eigenvalue weighted by atomic mass is 10.1. The van der Waals surface area contributed by atoms with Crippen LogP contribution in [-0.4, -0.2) is 11.1 Å². The van der Waals surface area contributed by atoms with Gasteiger partial charge in [0.2, 0.25) is 0 Å². The van der Waals surface area contributed by atoms with Crippen molar-refractivity contribution in [1.82, 2.24) is 0 Å². The third-order valence-electron chi connectivity index (χ3n) is 1.96. The maximum absolute atomic E-state index is 10.6. The highest BCUT2D eigenvalue weighted by molar-refractivity contribution is 9.10. The fourth-order valence-corrected chi connectivity index (χ4v) is 2.66. The molecule has 0 fully saturated rings. The van der Waals surface area contributed by atoms with Crippen molar-refractivity contribution in [1.29, 1.82) is 0 Å². The maximum atomic E-state index is 10.6. The molecular formula is C10H7BrO2S. The average Bonchev–Trinajstić information content (AvgIpc) is 2.47. The molecule has 0 amide bonds. The van der Waals surface area contributed by atoms with Gasteiger partial charge in [0.05, 0.1) is 6.42 Å². The molecule has 0 aliphatic heterocycles. The Morgan fingerprint density at radius 2 is 2.29 bits per heavy atom. The Morgan fingerprint density at radius 3 is 3.00 bits per heavy atom. The monoisotopic (exact) mass is 270 g/mol. The molecule has 0 aliphatic rings. The van der Waals surface area contributed by atoms with Gasteiger partial charge in [0.25, 0.3) is 0 Å². The van der Waals surface area contributed by atoms with E-state index in [2.05, 4.69) is 15.9 Å². The third-order valence-corrected chi connectivity index (χ3v) is 3.46. The van der Waals surface area contributed by atoms with Gasteiger partial charge in [-0.3, -0.25) is 4.79 Å². The summed E-state index contributed by atoms with van der Waals surface area (Å²) in [7, 11) is 0. The fraction of sp³-hybridized carbons (Fsp3) is 0.100. The number of thiophene rings is 1. The van der Waals surface area contributed by atoms with E-state index in [0.717, 1.165) is 20.1 Å². The molecule has 2 rings (SSSR count). The van der Waals surface area contributed by atoms with Crippen molar-refractivity contribution in [3.05, 3.63) is 33.6 Å². The minimum Gasteiger partial charge on any atom is -0.481 e. The number of hydrogen-bond acceptors (Lipinski definition) is 2. The van der Waals surface area contributed by atoms with Crippen LogP contribution in [0.4, 0.5) is 0 Å². The SMILES string of the molecule is O=C(O)Cc1csc2ccc(Br)cc12. The van der Waals surface area contributed by atoms with Gasteiger partial charge >= 0.3 is 5.97 Å². The summed E-state index contributed by atoms with van der Waals surface area (Å²) in [6.45, 7) is 0. The van der Waals surface area contributed by atoms with E-state index in [-0.39, 0.29) is 6.42 Å². The van der Waals surface area contributed by atoms with Gasteiger partial charge in [-0.05, 0) is 34.5 Å². The molecule has 0 spiro atoms. The number of aliphatic carboxylic acids is 1. The molecule has 14 heavy (non-hydrogen) atoms. The summed E-state index contributed by atoms with van der Waals surface area (Å²) in [4.78, 5) is 10.6. The van der Waals surface area contributed by atoms with E-state index in [4.69, 9.17) is 5.11 Å². The first-order valence-electron chi connectivity index (χ1n) is 4.04. The highest BCUT2D eigenvalue weighted by Crippen LogP contribution is 2.28. The van der Waals surface area contributed by atoms with Gasteiger partial charge in [-0.15, -0.1) is 11.3 Å². The zero-order chi connectivity index (χ0) is 10.1. The van der Waals surface area contributed by atoms with Gasteiger partial charge in [0.1, 0.15) is 0 Å². The van der Waals surface area contributed by atoms with Crippen LogP contribution in [0.5, 0.6) is 0 Å². The highest BCUT2D eigenvalue weighted by Gasteiger charge is 2.07. The van der Waals surface area contributed by atoms with Crippen molar-refractivity contribution in [2.75, 3.05) is 0 Å². The van der Waals surface area contributed by atoms with Crippen LogP contribution in [-0.2, 0) is 11.2 Å². The minimum atomic E-state index is -0.787. The van der Waals surface area contributed by atoms with E-state index >= 15 is 0 Å². The summed E-state index contributed by atoms with van der Waals surface area (Å²) >= 11 is 4.96. The maximum Gasteiger partial charge on any atom is 0.307 e. The Morgan fingerprint density at radius 1 is 1.50 bits per heavy atom. The Hall–Kier alpha value is -0.870. The smallest absolute Gasteiger partial charge is 0.307 e. The Bertz CT molecular complexity index is 490. The van der Waals surface area contributed by atoms with Crippen molar-refractivity contribution in [3.8, 4) is 0 Å². The van der Waals surface area contributed by atoms with Gasteiger partial charge in [-0.1, -0.05) is 15.9 Å². The van der Waals surface area contributed by atoms with Crippen LogP contribution >= 0.6 is 27.3 Å². The lowest BCUT2D eigenvalue weighted by molar-refractivity contribution is -0.136. The minimum absolute atomic E-state index is 0.0937. The van der Waals surface area contributed by atoms with E-state index < -0.39 is 5.97 Å². The predicted octanol–water partition coefficient (Wildman–Crippen LogP) is 3.29. The Labute approximate surface area is 93.3 Å². The number of carboxylic acids is 1. The van der Waals surface area contributed by atoms with Crippen LogP contribution in [0, 0.1) is 0 Å². The number of rotatable bonds is 2. The molecule has 72 valence electrons. The topological polar surface area (TPSA) is 37.3 Å². The molecule has 0 unspecified atom stereocenters. The first kappa shape index (κ1) is 9.68. The molecule has 1 N–H and O–H groups in total. The molecule has 2 nitrogen and oxygen atoms in total. The third kappa shape index (κ3) is 1.81. The standard InChI is InChI=1S/C10H7BrO2S/c11-7-1-2-9-8(4-7)6(5-14-9)3-10(12)13/h1-2,4-5H,3H2,(H,12,13). The second kappa shape index (κ2) is 3.71. The summed E-state index contributed by atoms with van der Waals surface area (Å²) in [5.41, 5.74) is 0.888. The van der Waals surface area contributed by atoms with E-state index in [1.807, 2.05) is 23.6 Å². The van der Waals surface area contributed by atoms with Crippen molar-refractivity contribution < 1.29 is 9.90 Å². The molecule has 0 saturated carbocycles. The van der Waals surface area contributed by atoms with Crippen molar-refractivity contribution in [2.45, 2.75) is 6.42 Å². The number of carboxylic acid groups (broad SMARTS) is 1. The van der Waals surface area contributed by atoms with Crippen LogP contribution in [0.2, 0.25) is 0 Å². The molecule has 0 saturated heterocycles. The van der Waals surface area contributed by atoms with Gasteiger partial charge in [0, 0.05) is 9.17 Å². The molecular weight excluding hydrogens is 264 g/mol. The number of fused-ring (bicyclic) bond motifs is 1. The predicted molar refractivity (Wildman–Crippen MR) is 60.9 cm³/mol. The summed E-state index contributed by atoms with van der Waals surface area (Å²) in [5, 5.41) is 11.6. The number of carbonyl (C=O) groups is 1. The zero-order valence-electron chi connectivity index (χ0n) is 7.16. The summed E-state index contributed by atoms with van der Waals surface area (Å²) in [6, 6.07) is 5.92. The summed E-state index contributed by atoms with van der Waals surface area (Å²) in [6.07, 6.45) is 0.0937. The molecule has 1 aromatic heterocycles. The first-order chi connectivity index (χ1) is 6.66. The fourth-order valence-electron chi connectivity index (χ4n) is 1.35. The second-order valence-electron chi connectivity index (χ2n) is 2.97. The molecule has 1 aromatic carbocycles. The normalized spacial score (nSPS) is 10.6. The quantitative estimate of drug-likeness (QED) is 0.910. The number of benzene rings is 1. The van der Waals surface area contributed by atoms with Crippen LogP contribution in [0.1, 0.15) is 5.56 Å². The molecule has 2 aromatic rings. The van der Waals surface area contributed by atoms with Crippen LogP contribution < -0.4 is 0 Å². The van der Waals surface area contributed by atoms with Gasteiger partial charge in [-0.25, -0.2) is 0 Å². The Kier molecular flexibility index (Phi) is 2.56. The van der Waals surface area contributed by atoms with Crippen LogP contribution in [0.3, 0.4) is 0 Å². The van der Waals surface area contributed by atoms with Gasteiger partial charge in [-0.2, -0.15) is 0 Å². The molecule has 0 atom stereocenters. The van der Waals surface area contributed by atoms with Crippen LogP contribution in [0.25, 0.3) is 10.1 Å². The lowest BCUT2D eigenvalue weighted by Crippen LogP contribution is -1.98. The van der Waals surface area contributed by atoms with E-state index in [9.17, 15) is 4.79 Å². The van der Waals surface area contributed by atoms with Gasteiger partial charge in [0.15, 0.2) is 0 Å². The molecule has 0 bridgehead atoms. The number of hydrogen-bond donors (Lipinski definition) is 1.